The Kier molecular flexibility index (Phi) is 4.29. The zero-order valence-corrected chi connectivity index (χ0v) is 15.3. The first kappa shape index (κ1) is 17.3. The number of benzene rings is 1. The Morgan fingerprint density at radius 2 is 1.82 bits per heavy atom. The Morgan fingerprint density at radius 3 is 2.64 bits per heavy atom. The fourth-order valence-corrected chi connectivity index (χ4v) is 3.79. The van der Waals surface area contributed by atoms with Gasteiger partial charge in [-0.25, -0.2) is 0 Å². The van der Waals surface area contributed by atoms with Gasteiger partial charge in [0, 0.05) is 43.9 Å². The predicted octanol–water partition coefficient (Wildman–Crippen LogP) is 2.41. The van der Waals surface area contributed by atoms with Crippen LogP contribution in [0.5, 0.6) is 11.5 Å². The van der Waals surface area contributed by atoms with Crippen LogP contribution in [0.2, 0.25) is 0 Å². The van der Waals surface area contributed by atoms with Gasteiger partial charge in [-0.05, 0) is 18.2 Å². The van der Waals surface area contributed by atoms with E-state index in [2.05, 4.69) is 15.2 Å². The van der Waals surface area contributed by atoms with Crippen LogP contribution in [-0.4, -0.2) is 49.8 Å². The van der Waals surface area contributed by atoms with Crippen molar-refractivity contribution in [1.29, 1.82) is 0 Å². The standard InChI is InChI=1S/C20H21N3O5/c24-19(22-15-1-2-17-18(10-15)26-13-25-17)14-9-16(12-21-11-14)23-5-3-20(4-6-23)27-7-8-28-20/h1-2,9-12H,3-8,13H2,(H,22,24). The first-order valence-electron chi connectivity index (χ1n) is 9.40. The molecule has 28 heavy (non-hydrogen) atoms. The molecule has 1 spiro atoms. The maximum atomic E-state index is 12.7. The predicted molar refractivity (Wildman–Crippen MR) is 101 cm³/mol. The van der Waals surface area contributed by atoms with Gasteiger partial charge in [-0.3, -0.25) is 9.78 Å². The number of nitrogens with one attached hydrogen (secondary N) is 1. The number of rotatable bonds is 3. The van der Waals surface area contributed by atoms with E-state index in [1.165, 1.54) is 0 Å². The molecule has 0 atom stereocenters. The minimum Gasteiger partial charge on any atom is -0.454 e. The lowest BCUT2D eigenvalue weighted by atomic mass is 10.0. The number of nitrogens with zero attached hydrogens (tertiary/aromatic N) is 2. The summed E-state index contributed by atoms with van der Waals surface area (Å²) in [6.07, 6.45) is 4.97. The van der Waals surface area contributed by atoms with Crippen LogP contribution in [0.4, 0.5) is 11.4 Å². The normalized spacial score (nSPS) is 19.8. The van der Waals surface area contributed by atoms with Crippen molar-refractivity contribution in [3.63, 3.8) is 0 Å². The number of pyridine rings is 1. The molecule has 1 N–H and O–H groups in total. The minimum absolute atomic E-state index is 0.200. The van der Waals surface area contributed by atoms with Gasteiger partial charge in [0.15, 0.2) is 17.3 Å². The molecular formula is C20H21N3O5. The summed E-state index contributed by atoms with van der Waals surface area (Å²) in [4.78, 5) is 19.1. The third-order valence-corrected chi connectivity index (χ3v) is 5.32. The van der Waals surface area contributed by atoms with E-state index < -0.39 is 5.79 Å². The number of amides is 1. The van der Waals surface area contributed by atoms with E-state index in [1.807, 2.05) is 6.07 Å². The molecule has 0 aliphatic carbocycles. The number of piperidine rings is 1. The van der Waals surface area contributed by atoms with E-state index in [0.29, 0.717) is 36.0 Å². The van der Waals surface area contributed by atoms with Crippen LogP contribution >= 0.6 is 0 Å². The zero-order valence-electron chi connectivity index (χ0n) is 15.3. The molecule has 2 fully saturated rings. The van der Waals surface area contributed by atoms with Gasteiger partial charge < -0.3 is 29.2 Å². The van der Waals surface area contributed by atoms with E-state index in [1.54, 1.807) is 30.6 Å². The van der Waals surface area contributed by atoms with E-state index in [-0.39, 0.29) is 12.7 Å². The lowest BCUT2D eigenvalue weighted by molar-refractivity contribution is -0.169. The fraction of sp³-hybridized carbons (Fsp3) is 0.400. The monoisotopic (exact) mass is 383 g/mol. The Bertz CT molecular complexity index is 887. The maximum Gasteiger partial charge on any atom is 0.257 e. The zero-order chi connectivity index (χ0) is 19.0. The van der Waals surface area contributed by atoms with Gasteiger partial charge in [0.25, 0.3) is 5.91 Å². The topological polar surface area (TPSA) is 82.2 Å². The number of hydrogen-bond donors (Lipinski definition) is 1. The molecule has 3 aliphatic rings. The summed E-state index contributed by atoms with van der Waals surface area (Å²) in [5.41, 5.74) is 2.07. The Labute approximate surface area is 162 Å². The second-order valence-electron chi connectivity index (χ2n) is 7.05. The Balaban J connectivity index is 1.27. The molecule has 2 aromatic rings. The second kappa shape index (κ2) is 6.96. The van der Waals surface area contributed by atoms with Crippen LogP contribution in [-0.2, 0) is 9.47 Å². The summed E-state index contributed by atoms with van der Waals surface area (Å²) in [7, 11) is 0. The maximum absolute atomic E-state index is 12.7. The van der Waals surface area contributed by atoms with Crippen LogP contribution in [0.3, 0.4) is 0 Å². The van der Waals surface area contributed by atoms with Crippen LogP contribution < -0.4 is 19.7 Å². The first-order chi connectivity index (χ1) is 13.7. The Morgan fingerprint density at radius 1 is 1.04 bits per heavy atom. The van der Waals surface area contributed by atoms with Crippen molar-refractivity contribution in [2.75, 3.05) is 43.3 Å². The molecule has 5 rings (SSSR count). The number of ether oxygens (including phenoxy) is 4. The summed E-state index contributed by atoms with van der Waals surface area (Å²) in [6, 6.07) is 7.19. The van der Waals surface area contributed by atoms with Gasteiger partial charge in [0.05, 0.1) is 30.7 Å². The van der Waals surface area contributed by atoms with Crippen molar-refractivity contribution < 1.29 is 23.7 Å². The average molecular weight is 383 g/mol. The van der Waals surface area contributed by atoms with Crippen LogP contribution in [0.25, 0.3) is 0 Å². The number of carbonyl (C=O) groups is 1. The van der Waals surface area contributed by atoms with E-state index in [9.17, 15) is 4.79 Å². The van der Waals surface area contributed by atoms with Gasteiger partial charge in [0.1, 0.15) is 0 Å². The molecule has 0 radical (unpaired) electrons. The lowest BCUT2D eigenvalue weighted by Crippen LogP contribution is -2.45. The molecule has 1 amide bonds. The number of hydrogen-bond acceptors (Lipinski definition) is 7. The first-order valence-corrected chi connectivity index (χ1v) is 9.40. The SMILES string of the molecule is O=C(Nc1ccc2c(c1)OCO2)c1cncc(N2CCC3(CC2)OCCO3)c1. The van der Waals surface area contributed by atoms with Crippen molar-refractivity contribution >= 4 is 17.3 Å². The quantitative estimate of drug-likeness (QED) is 0.871. The highest BCUT2D eigenvalue weighted by molar-refractivity contribution is 6.04. The van der Waals surface area contributed by atoms with E-state index in [4.69, 9.17) is 18.9 Å². The summed E-state index contributed by atoms with van der Waals surface area (Å²) in [5, 5.41) is 2.88. The number of aromatic nitrogens is 1. The molecular weight excluding hydrogens is 362 g/mol. The summed E-state index contributed by atoms with van der Waals surface area (Å²) in [5.74, 6) is 0.672. The highest BCUT2D eigenvalue weighted by Gasteiger charge is 2.39. The fourth-order valence-electron chi connectivity index (χ4n) is 3.79. The molecule has 8 heteroatoms. The smallest absolute Gasteiger partial charge is 0.257 e. The molecule has 3 aliphatic heterocycles. The Hall–Kier alpha value is -2.84. The van der Waals surface area contributed by atoms with E-state index in [0.717, 1.165) is 31.6 Å². The number of anilines is 2. The molecule has 1 aromatic heterocycles. The molecule has 146 valence electrons. The molecule has 0 unspecified atom stereocenters. The van der Waals surface area contributed by atoms with Gasteiger partial charge in [0.2, 0.25) is 6.79 Å². The molecule has 4 heterocycles. The van der Waals surface area contributed by atoms with Crippen LogP contribution in [0.15, 0.2) is 36.7 Å². The van der Waals surface area contributed by atoms with Gasteiger partial charge in [-0.2, -0.15) is 0 Å². The third kappa shape index (κ3) is 3.25. The van der Waals surface area contributed by atoms with Crippen molar-refractivity contribution in [2.24, 2.45) is 0 Å². The van der Waals surface area contributed by atoms with Gasteiger partial charge >= 0.3 is 0 Å². The highest BCUT2D eigenvalue weighted by Crippen LogP contribution is 2.35. The number of fused-ring (bicyclic) bond motifs is 1. The highest BCUT2D eigenvalue weighted by atomic mass is 16.7. The number of carbonyl (C=O) groups excluding carboxylic acids is 1. The summed E-state index contributed by atoms with van der Waals surface area (Å²) >= 11 is 0. The third-order valence-electron chi connectivity index (χ3n) is 5.32. The lowest BCUT2D eigenvalue weighted by Gasteiger charge is -2.38. The molecule has 0 bridgehead atoms. The summed E-state index contributed by atoms with van der Waals surface area (Å²) in [6.45, 7) is 3.13. The van der Waals surface area contributed by atoms with Crippen LogP contribution in [0.1, 0.15) is 23.2 Å². The molecule has 1 aromatic carbocycles. The molecule has 8 nitrogen and oxygen atoms in total. The van der Waals surface area contributed by atoms with Crippen molar-refractivity contribution in [3.8, 4) is 11.5 Å². The van der Waals surface area contributed by atoms with Crippen molar-refractivity contribution in [3.05, 3.63) is 42.2 Å². The van der Waals surface area contributed by atoms with Gasteiger partial charge in [-0.1, -0.05) is 0 Å². The van der Waals surface area contributed by atoms with Crippen molar-refractivity contribution in [2.45, 2.75) is 18.6 Å². The summed E-state index contributed by atoms with van der Waals surface area (Å²) < 4.78 is 22.2. The largest absolute Gasteiger partial charge is 0.454 e. The second-order valence-corrected chi connectivity index (χ2v) is 7.05. The van der Waals surface area contributed by atoms with Crippen molar-refractivity contribution in [1.82, 2.24) is 4.98 Å². The molecule has 2 saturated heterocycles. The average Bonchev–Trinajstić information content (AvgIpc) is 3.38. The molecule has 0 saturated carbocycles. The van der Waals surface area contributed by atoms with Crippen LogP contribution in [0, 0.1) is 0 Å². The van der Waals surface area contributed by atoms with E-state index >= 15 is 0 Å². The van der Waals surface area contributed by atoms with Gasteiger partial charge in [-0.15, -0.1) is 0 Å². The minimum atomic E-state index is -0.418.